The van der Waals surface area contributed by atoms with Gasteiger partial charge in [0.05, 0.1) is 19.3 Å². The Morgan fingerprint density at radius 2 is 2.00 bits per heavy atom. The van der Waals surface area contributed by atoms with Gasteiger partial charge in [0.15, 0.2) is 0 Å². The van der Waals surface area contributed by atoms with Gasteiger partial charge in [0.2, 0.25) is 10.0 Å². The van der Waals surface area contributed by atoms with Gasteiger partial charge in [0, 0.05) is 12.7 Å². The van der Waals surface area contributed by atoms with E-state index in [0.29, 0.717) is 5.56 Å². The van der Waals surface area contributed by atoms with Crippen LogP contribution in [-0.4, -0.2) is 29.9 Å². The van der Waals surface area contributed by atoms with Crippen molar-refractivity contribution in [1.29, 1.82) is 0 Å². The van der Waals surface area contributed by atoms with Gasteiger partial charge in [-0.2, -0.15) is 5.10 Å². The normalized spacial score (nSPS) is 11.7. The van der Waals surface area contributed by atoms with E-state index in [1.54, 1.807) is 0 Å². The van der Waals surface area contributed by atoms with Crippen LogP contribution in [0.4, 0.5) is 4.39 Å². The molecule has 0 fully saturated rings. The van der Waals surface area contributed by atoms with E-state index >= 15 is 0 Å². The van der Waals surface area contributed by atoms with Gasteiger partial charge in [0.25, 0.3) is 0 Å². The number of nitrogens with zero attached hydrogens (tertiary/aromatic N) is 2. The van der Waals surface area contributed by atoms with Crippen LogP contribution in [0.15, 0.2) is 41.6 Å². The second-order valence-electron chi connectivity index (χ2n) is 4.11. The maximum Gasteiger partial charge on any atom is 0.243 e. The average Bonchev–Trinajstić information content (AvgIpc) is 2.88. The van der Waals surface area contributed by atoms with Gasteiger partial charge in [0.1, 0.15) is 10.7 Å². The fourth-order valence-corrected chi connectivity index (χ4v) is 2.54. The average molecular weight is 299 g/mol. The van der Waals surface area contributed by atoms with Crippen molar-refractivity contribution < 1.29 is 17.9 Å². The Balaban J connectivity index is 2.04. The highest BCUT2D eigenvalue weighted by Gasteiger charge is 2.16. The molecule has 2 N–H and O–H groups in total. The van der Waals surface area contributed by atoms with Crippen LogP contribution in [0, 0.1) is 5.82 Å². The lowest BCUT2D eigenvalue weighted by Crippen LogP contribution is -2.22. The summed E-state index contributed by atoms with van der Waals surface area (Å²) in [4.78, 5) is 0.0214. The molecule has 1 heterocycles. The molecule has 0 amide bonds. The van der Waals surface area contributed by atoms with Crippen molar-refractivity contribution in [2.45, 2.75) is 18.0 Å². The van der Waals surface area contributed by atoms with E-state index in [-0.39, 0.29) is 30.4 Å². The van der Waals surface area contributed by atoms with Gasteiger partial charge >= 0.3 is 0 Å². The first kappa shape index (κ1) is 14.6. The number of sulfonamides is 1. The van der Waals surface area contributed by atoms with E-state index in [1.165, 1.54) is 41.3 Å². The van der Waals surface area contributed by atoms with E-state index in [2.05, 4.69) is 9.82 Å². The quantitative estimate of drug-likeness (QED) is 0.813. The van der Waals surface area contributed by atoms with E-state index in [9.17, 15) is 12.8 Å². The molecule has 0 unspecified atom stereocenters. The van der Waals surface area contributed by atoms with Crippen molar-refractivity contribution >= 4 is 10.0 Å². The van der Waals surface area contributed by atoms with Gasteiger partial charge in [-0.3, -0.25) is 4.68 Å². The third-order valence-electron chi connectivity index (χ3n) is 2.63. The van der Waals surface area contributed by atoms with Crippen molar-refractivity contribution in [3.05, 3.63) is 48.0 Å². The number of nitrogens with one attached hydrogen (secondary N) is 1. The summed E-state index contributed by atoms with van der Waals surface area (Å²) < 4.78 is 40.4. The third kappa shape index (κ3) is 3.62. The summed E-state index contributed by atoms with van der Waals surface area (Å²) in [5, 5.41) is 12.6. The summed E-state index contributed by atoms with van der Waals surface area (Å²) in [5.74, 6) is -0.373. The standard InChI is InChI=1S/C12H14FN3O3S/c13-11-3-1-10(2-4-11)7-15-20(18,19)12-8-14-16(9-12)5-6-17/h1-4,8-9,15,17H,5-7H2. The molecule has 2 rings (SSSR count). The Morgan fingerprint density at radius 3 is 2.65 bits per heavy atom. The maximum atomic E-state index is 12.7. The number of aliphatic hydroxyl groups is 1. The van der Waals surface area contributed by atoms with Crippen LogP contribution in [0.25, 0.3) is 0 Å². The van der Waals surface area contributed by atoms with Crippen molar-refractivity contribution in [2.75, 3.05) is 6.61 Å². The molecule has 0 spiro atoms. The monoisotopic (exact) mass is 299 g/mol. The topological polar surface area (TPSA) is 84.2 Å². The lowest BCUT2D eigenvalue weighted by Gasteiger charge is -2.04. The zero-order chi connectivity index (χ0) is 14.6. The van der Waals surface area contributed by atoms with Gasteiger partial charge in [-0.05, 0) is 17.7 Å². The Bertz CT molecular complexity index is 668. The zero-order valence-electron chi connectivity index (χ0n) is 10.5. The highest BCUT2D eigenvalue weighted by Crippen LogP contribution is 2.09. The highest BCUT2D eigenvalue weighted by molar-refractivity contribution is 7.89. The molecule has 20 heavy (non-hydrogen) atoms. The van der Waals surface area contributed by atoms with Crippen LogP contribution in [0.5, 0.6) is 0 Å². The minimum atomic E-state index is -3.67. The summed E-state index contributed by atoms with van der Waals surface area (Å²) >= 11 is 0. The molecule has 0 aliphatic heterocycles. The Kier molecular flexibility index (Phi) is 4.48. The number of halogens is 1. The fourth-order valence-electron chi connectivity index (χ4n) is 1.57. The smallest absolute Gasteiger partial charge is 0.243 e. The maximum absolute atomic E-state index is 12.7. The molecule has 2 aromatic rings. The van der Waals surface area contributed by atoms with E-state index < -0.39 is 10.0 Å². The van der Waals surface area contributed by atoms with Crippen LogP contribution >= 0.6 is 0 Å². The number of benzene rings is 1. The zero-order valence-corrected chi connectivity index (χ0v) is 11.3. The molecule has 0 atom stereocenters. The molecule has 1 aromatic heterocycles. The summed E-state index contributed by atoms with van der Waals surface area (Å²) in [6.07, 6.45) is 2.55. The lowest BCUT2D eigenvalue weighted by atomic mass is 10.2. The minimum Gasteiger partial charge on any atom is -0.394 e. The Labute approximate surface area is 115 Å². The summed E-state index contributed by atoms with van der Waals surface area (Å²) in [5.41, 5.74) is 0.651. The molecule has 1 aromatic carbocycles. The lowest BCUT2D eigenvalue weighted by molar-refractivity contribution is 0.269. The molecular weight excluding hydrogens is 285 g/mol. The Hall–Kier alpha value is -1.77. The molecule has 0 saturated carbocycles. The van der Waals surface area contributed by atoms with Gasteiger partial charge in [-0.25, -0.2) is 17.5 Å². The van der Waals surface area contributed by atoms with Gasteiger partial charge < -0.3 is 5.11 Å². The number of aliphatic hydroxyl groups excluding tert-OH is 1. The summed E-state index contributed by atoms with van der Waals surface area (Å²) in [6.45, 7) is 0.172. The van der Waals surface area contributed by atoms with Crippen LogP contribution < -0.4 is 4.72 Å². The van der Waals surface area contributed by atoms with E-state index in [0.717, 1.165) is 0 Å². The number of aromatic nitrogens is 2. The minimum absolute atomic E-state index is 0.0214. The summed E-state index contributed by atoms with van der Waals surface area (Å²) in [6, 6.07) is 5.55. The molecule has 0 saturated heterocycles. The van der Waals surface area contributed by atoms with Crippen molar-refractivity contribution in [3.8, 4) is 0 Å². The summed E-state index contributed by atoms with van der Waals surface area (Å²) in [7, 11) is -3.67. The molecule has 0 aliphatic carbocycles. The molecule has 0 bridgehead atoms. The third-order valence-corrected chi connectivity index (χ3v) is 3.98. The van der Waals surface area contributed by atoms with Gasteiger partial charge in [-0.15, -0.1) is 0 Å². The molecule has 0 radical (unpaired) electrons. The fraction of sp³-hybridized carbons (Fsp3) is 0.250. The highest BCUT2D eigenvalue weighted by atomic mass is 32.2. The van der Waals surface area contributed by atoms with Crippen molar-refractivity contribution in [3.63, 3.8) is 0 Å². The second-order valence-corrected chi connectivity index (χ2v) is 5.88. The van der Waals surface area contributed by atoms with Crippen LogP contribution in [0.3, 0.4) is 0 Å². The molecule has 0 aliphatic rings. The van der Waals surface area contributed by atoms with Crippen LogP contribution in [-0.2, 0) is 23.1 Å². The van der Waals surface area contributed by atoms with Crippen LogP contribution in [0.2, 0.25) is 0 Å². The van der Waals surface area contributed by atoms with Crippen LogP contribution in [0.1, 0.15) is 5.56 Å². The number of hydrogen-bond acceptors (Lipinski definition) is 4. The predicted octanol–water partition coefficient (Wildman–Crippen LogP) is 0.493. The van der Waals surface area contributed by atoms with Gasteiger partial charge in [-0.1, -0.05) is 12.1 Å². The molecule has 8 heteroatoms. The SMILES string of the molecule is O=S(=O)(NCc1ccc(F)cc1)c1cnn(CCO)c1. The number of hydrogen-bond donors (Lipinski definition) is 2. The first-order valence-electron chi connectivity index (χ1n) is 5.89. The Morgan fingerprint density at radius 1 is 1.30 bits per heavy atom. The van der Waals surface area contributed by atoms with Crippen molar-refractivity contribution in [1.82, 2.24) is 14.5 Å². The largest absolute Gasteiger partial charge is 0.394 e. The molecule has 108 valence electrons. The predicted molar refractivity (Wildman–Crippen MR) is 69.7 cm³/mol. The van der Waals surface area contributed by atoms with E-state index in [1.807, 2.05) is 0 Å². The first-order valence-corrected chi connectivity index (χ1v) is 7.37. The first-order chi connectivity index (χ1) is 9.51. The van der Waals surface area contributed by atoms with Crippen molar-refractivity contribution in [2.24, 2.45) is 0 Å². The second kappa shape index (κ2) is 6.12. The van der Waals surface area contributed by atoms with E-state index in [4.69, 9.17) is 5.11 Å². The number of rotatable bonds is 6. The molecular formula is C12H14FN3O3S. The molecule has 6 nitrogen and oxygen atoms in total.